The molecule has 0 atom stereocenters. The number of hydrogen-bond acceptors (Lipinski definition) is 6. The zero-order valence-electron chi connectivity index (χ0n) is 14.9. The van der Waals surface area contributed by atoms with Crippen molar-refractivity contribution in [2.45, 2.75) is 18.4 Å². The SMILES string of the molecule is Cc1nc(SCC(=O)Nc2ccc3c(c2)OCCCO3)c2ccccc2n1. The maximum absolute atomic E-state index is 12.4. The monoisotopic (exact) mass is 381 g/mol. The molecule has 2 aromatic carbocycles. The van der Waals surface area contributed by atoms with Crippen molar-refractivity contribution in [3.63, 3.8) is 0 Å². The Bertz CT molecular complexity index is 993. The van der Waals surface area contributed by atoms with Crippen LogP contribution in [0.4, 0.5) is 5.69 Å². The zero-order valence-corrected chi connectivity index (χ0v) is 15.7. The van der Waals surface area contributed by atoms with Crippen LogP contribution in [0.25, 0.3) is 10.9 Å². The predicted octanol–water partition coefficient (Wildman–Crippen LogP) is 3.83. The van der Waals surface area contributed by atoms with E-state index in [1.807, 2.05) is 43.3 Å². The number of aryl methyl sites for hydroxylation is 1. The van der Waals surface area contributed by atoms with Crippen LogP contribution in [0.1, 0.15) is 12.2 Å². The first kappa shape index (κ1) is 17.6. The van der Waals surface area contributed by atoms with Crippen molar-refractivity contribution in [3.05, 3.63) is 48.3 Å². The lowest BCUT2D eigenvalue weighted by Gasteiger charge is -2.11. The molecule has 0 saturated carbocycles. The summed E-state index contributed by atoms with van der Waals surface area (Å²) in [5, 5.41) is 4.67. The second-order valence-electron chi connectivity index (χ2n) is 6.14. The Kier molecular flexibility index (Phi) is 5.11. The highest BCUT2D eigenvalue weighted by molar-refractivity contribution is 8.00. The number of carbonyl (C=O) groups excluding carboxylic acids is 1. The first-order valence-corrected chi connectivity index (χ1v) is 9.73. The molecule has 138 valence electrons. The molecular formula is C20H19N3O3S. The zero-order chi connectivity index (χ0) is 18.6. The fraction of sp³-hybridized carbons (Fsp3) is 0.250. The molecule has 0 saturated heterocycles. The van der Waals surface area contributed by atoms with Gasteiger partial charge in [-0.15, -0.1) is 0 Å². The summed E-state index contributed by atoms with van der Waals surface area (Å²) < 4.78 is 11.3. The van der Waals surface area contributed by atoms with E-state index < -0.39 is 0 Å². The molecule has 7 heteroatoms. The van der Waals surface area contributed by atoms with Gasteiger partial charge in [-0.3, -0.25) is 4.79 Å². The largest absolute Gasteiger partial charge is 0.490 e. The van der Waals surface area contributed by atoms with E-state index in [1.54, 1.807) is 6.07 Å². The summed E-state index contributed by atoms with van der Waals surface area (Å²) in [7, 11) is 0. The van der Waals surface area contributed by atoms with Crippen molar-refractivity contribution in [2.24, 2.45) is 0 Å². The van der Waals surface area contributed by atoms with Crippen LogP contribution in [-0.2, 0) is 4.79 Å². The number of amides is 1. The first-order chi connectivity index (χ1) is 13.2. The Morgan fingerprint density at radius 1 is 1.11 bits per heavy atom. The number of rotatable bonds is 4. The van der Waals surface area contributed by atoms with E-state index in [0.717, 1.165) is 22.3 Å². The summed E-state index contributed by atoms with van der Waals surface area (Å²) in [5.74, 6) is 2.22. The number of anilines is 1. The fourth-order valence-corrected chi connectivity index (χ4v) is 3.71. The van der Waals surface area contributed by atoms with Gasteiger partial charge in [-0.2, -0.15) is 0 Å². The van der Waals surface area contributed by atoms with E-state index in [1.165, 1.54) is 11.8 Å². The van der Waals surface area contributed by atoms with E-state index in [2.05, 4.69) is 15.3 Å². The highest BCUT2D eigenvalue weighted by atomic mass is 32.2. The standard InChI is InChI=1S/C20H19N3O3S/c1-13-21-16-6-3-2-5-15(16)20(22-13)27-12-19(24)23-14-7-8-17-18(11-14)26-10-4-9-25-17/h2-3,5-8,11H,4,9-10,12H2,1H3,(H,23,24). The number of aromatic nitrogens is 2. The van der Waals surface area contributed by atoms with E-state index in [9.17, 15) is 4.79 Å². The van der Waals surface area contributed by atoms with Crippen LogP contribution in [0.15, 0.2) is 47.5 Å². The number of benzene rings is 2. The van der Waals surface area contributed by atoms with E-state index in [-0.39, 0.29) is 11.7 Å². The van der Waals surface area contributed by atoms with Crippen LogP contribution in [0.2, 0.25) is 0 Å². The molecule has 4 rings (SSSR count). The van der Waals surface area contributed by atoms with Crippen LogP contribution in [0.3, 0.4) is 0 Å². The molecule has 1 aromatic heterocycles. The smallest absolute Gasteiger partial charge is 0.234 e. The van der Waals surface area contributed by atoms with Crippen LogP contribution in [0.5, 0.6) is 11.5 Å². The van der Waals surface area contributed by atoms with Gasteiger partial charge in [0.05, 0.1) is 24.5 Å². The lowest BCUT2D eigenvalue weighted by molar-refractivity contribution is -0.113. The molecule has 0 spiro atoms. The molecule has 6 nitrogen and oxygen atoms in total. The minimum absolute atomic E-state index is 0.102. The van der Waals surface area contributed by atoms with Gasteiger partial charge < -0.3 is 14.8 Å². The van der Waals surface area contributed by atoms with Crippen LogP contribution in [-0.4, -0.2) is 34.8 Å². The van der Waals surface area contributed by atoms with Crippen molar-refractivity contribution in [3.8, 4) is 11.5 Å². The molecule has 0 unspecified atom stereocenters. The van der Waals surface area contributed by atoms with E-state index in [0.29, 0.717) is 36.2 Å². The minimum Gasteiger partial charge on any atom is -0.490 e. The average molecular weight is 381 g/mol. The van der Waals surface area contributed by atoms with Crippen LogP contribution < -0.4 is 14.8 Å². The van der Waals surface area contributed by atoms with Gasteiger partial charge in [0.2, 0.25) is 5.91 Å². The number of carbonyl (C=O) groups is 1. The topological polar surface area (TPSA) is 73.3 Å². The molecule has 1 aliphatic rings. The highest BCUT2D eigenvalue weighted by Crippen LogP contribution is 2.32. The molecule has 0 bridgehead atoms. The van der Waals surface area contributed by atoms with E-state index >= 15 is 0 Å². The molecule has 0 radical (unpaired) electrons. The number of nitrogens with one attached hydrogen (secondary N) is 1. The molecule has 27 heavy (non-hydrogen) atoms. The van der Waals surface area contributed by atoms with Gasteiger partial charge in [-0.05, 0) is 25.1 Å². The summed E-state index contributed by atoms with van der Waals surface area (Å²) in [4.78, 5) is 21.3. The molecule has 1 N–H and O–H groups in total. The number of nitrogens with zero attached hydrogens (tertiary/aromatic N) is 2. The van der Waals surface area contributed by atoms with Crippen molar-refractivity contribution >= 4 is 34.3 Å². The summed E-state index contributed by atoms with van der Waals surface area (Å²) in [5.41, 5.74) is 1.57. The Morgan fingerprint density at radius 2 is 1.93 bits per heavy atom. The third kappa shape index (κ3) is 4.14. The van der Waals surface area contributed by atoms with Crippen LogP contribution in [0, 0.1) is 6.92 Å². The summed E-state index contributed by atoms with van der Waals surface area (Å²) in [6.07, 6.45) is 0.847. The van der Waals surface area contributed by atoms with E-state index in [4.69, 9.17) is 9.47 Å². The number of hydrogen-bond donors (Lipinski definition) is 1. The quantitative estimate of drug-likeness (QED) is 0.547. The van der Waals surface area contributed by atoms with Crippen LogP contribution >= 0.6 is 11.8 Å². The fourth-order valence-electron chi connectivity index (χ4n) is 2.84. The van der Waals surface area contributed by atoms with Gasteiger partial charge in [0.25, 0.3) is 0 Å². The molecule has 1 aliphatic heterocycles. The molecule has 1 amide bonds. The average Bonchev–Trinajstić information content (AvgIpc) is 2.91. The van der Waals surface area contributed by atoms with Gasteiger partial charge in [-0.1, -0.05) is 30.0 Å². The Balaban J connectivity index is 1.44. The summed E-state index contributed by atoms with van der Waals surface area (Å²) in [6.45, 7) is 3.11. The van der Waals surface area contributed by atoms with Gasteiger partial charge in [0, 0.05) is 23.6 Å². The summed E-state index contributed by atoms with van der Waals surface area (Å²) >= 11 is 1.40. The summed E-state index contributed by atoms with van der Waals surface area (Å²) in [6, 6.07) is 13.3. The number of para-hydroxylation sites is 1. The first-order valence-electron chi connectivity index (χ1n) is 8.75. The second-order valence-corrected chi connectivity index (χ2v) is 7.11. The molecular weight excluding hydrogens is 362 g/mol. The Morgan fingerprint density at radius 3 is 2.81 bits per heavy atom. The molecule has 0 aliphatic carbocycles. The van der Waals surface area contributed by atoms with Gasteiger partial charge in [-0.25, -0.2) is 9.97 Å². The predicted molar refractivity (Wildman–Crippen MR) is 106 cm³/mol. The number of fused-ring (bicyclic) bond motifs is 2. The second kappa shape index (κ2) is 7.84. The third-order valence-corrected chi connectivity index (χ3v) is 5.04. The van der Waals surface area contributed by atoms with Gasteiger partial charge >= 0.3 is 0 Å². The molecule has 2 heterocycles. The van der Waals surface area contributed by atoms with Gasteiger partial charge in [0.1, 0.15) is 10.9 Å². The minimum atomic E-state index is -0.102. The molecule has 0 fully saturated rings. The normalized spacial score (nSPS) is 13.2. The number of ether oxygens (including phenoxy) is 2. The number of thioether (sulfide) groups is 1. The third-order valence-electron chi connectivity index (χ3n) is 4.05. The lowest BCUT2D eigenvalue weighted by atomic mass is 10.2. The van der Waals surface area contributed by atoms with Gasteiger partial charge in [0.15, 0.2) is 11.5 Å². The Labute approximate surface area is 161 Å². The maximum Gasteiger partial charge on any atom is 0.234 e. The molecule has 3 aromatic rings. The maximum atomic E-state index is 12.4. The van der Waals surface area contributed by atoms with Crippen molar-refractivity contribution in [1.82, 2.24) is 9.97 Å². The van der Waals surface area contributed by atoms with Crippen molar-refractivity contribution in [2.75, 3.05) is 24.3 Å². The van der Waals surface area contributed by atoms with Crippen molar-refractivity contribution in [1.29, 1.82) is 0 Å². The van der Waals surface area contributed by atoms with Crippen molar-refractivity contribution < 1.29 is 14.3 Å². The highest BCUT2D eigenvalue weighted by Gasteiger charge is 2.13. The Hall–Kier alpha value is -2.80. The lowest BCUT2D eigenvalue weighted by Crippen LogP contribution is -2.14.